The number of hydrogen-bond acceptors (Lipinski definition) is 6. The van der Waals surface area contributed by atoms with Crippen LogP contribution in [0, 0.1) is 0 Å². The summed E-state index contributed by atoms with van der Waals surface area (Å²) in [5.41, 5.74) is 0.960. The van der Waals surface area contributed by atoms with Gasteiger partial charge in [-0.15, -0.1) is 11.3 Å². The van der Waals surface area contributed by atoms with Crippen LogP contribution in [0.4, 0.5) is 5.69 Å². The van der Waals surface area contributed by atoms with E-state index in [1.165, 1.54) is 11.3 Å². The minimum absolute atomic E-state index is 0.145. The highest BCUT2D eigenvalue weighted by Crippen LogP contribution is 2.32. The molecule has 0 radical (unpaired) electrons. The van der Waals surface area contributed by atoms with E-state index >= 15 is 0 Å². The Kier molecular flexibility index (Phi) is 4.91. The number of thiazole rings is 1. The average Bonchev–Trinajstić information content (AvgIpc) is 3.33. The highest BCUT2D eigenvalue weighted by Gasteiger charge is 2.28. The molecule has 0 spiro atoms. The number of aromatic nitrogens is 1. The first-order chi connectivity index (χ1) is 13.2. The number of amides is 2. The molecular weight excluding hydrogens is 366 g/mol. The minimum atomic E-state index is -0.296. The number of carbonyl (C=O) groups excluding carboxylic acids is 2. The zero-order chi connectivity index (χ0) is 18.8. The van der Waals surface area contributed by atoms with Crippen LogP contribution in [0.2, 0.25) is 0 Å². The molecule has 7 nitrogen and oxygen atoms in total. The number of anilines is 1. The molecule has 0 saturated carbocycles. The maximum absolute atomic E-state index is 13.0. The SMILES string of the molecule is CCc1ncc(C(=O)Nc2c(C(=O)N3CCOCC3)oc3ccccc23)s1. The van der Waals surface area contributed by atoms with Crippen molar-refractivity contribution in [3.8, 4) is 0 Å². The summed E-state index contributed by atoms with van der Waals surface area (Å²) in [7, 11) is 0. The molecule has 0 unspecified atom stereocenters. The molecule has 1 aliphatic rings. The number of rotatable bonds is 4. The lowest BCUT2D eigenvalue weighted by Gasteiger charge is -2.26. The summed E-state index contributed by atoms with van der Waals surface area (Å²) in [6.45, 7) is 3.97. The van der Waals surface area contributed by atoms with Gasteiger partial charge in [-0.25, -0.2) is 4.98 Å². The molecule has 27 heavy (non-hydrogen) atoms. The Morgan fingerprint density at radius 2 is 2.04 bits per heavy atom. The molecule has 0 atom stereocenters. The first-order valence-corrected chi connectivity index (χ1v) is 9.63. The molecule has 1 aliphatic heterocycles. The third-order valence-electron chi connectivity index (χ3n) is 4.41. The minimum Gasteiger partial charge on any atom is -0.449 e. The third-order valence-corrected chi connectivity index (χ3v) is 5.55. The van der Waals surface area contributed by atoms with E-state index in [2.05, 4.69) is 10.3 Å². The van der Waals surface area contributed by atoms with E-state index in [1.54, 1.807) is 17.2 Å². The second kappa shape index (κ2) is 7.50. The second-order valence-corrected chi connectivity index (χ2v) is 7.25. The van der Waals surface area contributed by atoms with Gasteiger partial charge >= 0.3 is 0 Å². The number of benzene rings is 1. The number of furan rings is 1. The van der Waals surface area contributed by atoms with Crippen LogP contribution in [-0.2, 0) is 11.2 Å². The molecule has 3 heterocycles. The molecule has 1 aromatic carbocycles. The Bertz CT molecular complexity index is 988. The van der Waals surface area contributed by atoms with Crippen LogP contribution in [0.3, 0.4) is 0 Å². The van der Waals surface area contributed by atoms with Crippen molar-refractivity contribution in [2.75, 3.05) is 31.6 Å². The van der Waals surface area contributed by atoms with Crippen LogP contribution in [0.15, 0.2) is 34.9 Å². The van der Waals surface area contributed by atoms with Gasteiger partial charge < -0.3 is 19.4 Å². The van der Waals surface area contributed by atoms with Gasteiger partial charge in [0.2, 0.25) is 5.76 Å². The molecule has 0 bridgehead atoms. The van der Waals surface area contributed by atoms with Crippen molar-refractivity contribution in [1.29, 1.82) is 0 Å². The summed E-state index contributed by atoms with van der Waals surface area (Å²) in [4.78, 5) is 32.1. The first-order valence-electron chi connectivity index (χ1n) is 8.82. The van der Waals surface area contributed by atoms with Gasteiger partial charge in [0.1, 0.15) is 16.1 Å². The second-order valence-electron chi connectivity index (χ2n) is 6.13. The van der Waals surface area contributed by atoms with Crippen LogP contribution >= 0.6 is 11.3 Å². The van der Waals surface area contributed by atoms with E-state index in [0.29, 0.717) is 47.8 Å². The summed E-state index contributed by atoms with van der Waals surface area (Å²) < 4.78 is 11.1. The largest absolute Gasteiger partial charge is 0.449 e. The average molecular weight is 385 g/mol. The lowest BCUT2D eigenvalue weighted by molar-refractivity contribution is 0.0285. The molecule has 3 aromatic rings. The third kappa shape index (κ3) is 3.45. The Morgan fingerprint density at radius 3 is 2.78 bits per heavy atom. The van der Waals surface area contributed by atoms with E-state index in [0.717, 1.165) is 11.4 Å². The number of para-hydroxylation sites is 1. The van der Waals surface area contributed by atoms with Gasteiger partial charge in [-0.2, -0.15) is 0 Å². The van der Waals surface area contributed by atoms with Gasteiger partial charge in [-0.05, 0) is 18.6 Å². The highest BCUT2D eigenvalue weighted by molar-refractivity contribution is 7.13. The number of hydrogen-bond donors (Lipinski definition) is 1. The number of morpholine rings is 1. The lowest BCUT2D eigenvalue weighted by atomic mass is 10.2. The van der Waals surface area contributed by atoms with Crippen molar-refractivity contribution in [3.05, 3.63) is 46.1 Å². The van der Waals surface area contributed by atoms with Gasteiger partial charge in [0.15, 0.2) is 0 Å². The van der Waals surface area contributed by atoms with Gasteiger partial charge in [-0.1, -0.05) is 19.1 Å². The monoisotopic (exact) mass is 385 g/mol. The van der Waals surface area contributed by atoms with E-state index < -0.39 is 0 Å². The standard InChI is InChI=1S/C19H19N3O4S/c1-2-15-20-11-14(27-15)18(23)21-16-12-5-3-4-6-13(12)26-17(16)19(24)22-7-9-25-10-8-22/h3-6,11H,2,7-10H2,1H3,(H,21,23). The predicted octanol–water partition coefficient (Wildman–Crippen LogP) is 3.18. The summed E-state index contributed by atoms with van der Waals surface area (Å²) in [6, 6.07) is 7.28. The molecule has 0 aliphatic carbocycles. The number of nitrogens with one attached hydrogen (secondary N) is 1. The summed E-state index contributed by atoms with van der Waals surface area (Å²) >= 11 is 1.34. The topological polar surface area (TPSA) is 84.7 Å². The van der Waals surface area contributed by atoms with Crippen LogP contribution < -0.4 is 5.32 Å². The molecule has 2 amide bonds. The van der Waals surface area contributed by atoms with Crippen LogP contribution in [0.25, 0.3) is 11.0 Å². The number of aryl methyl sites for hydroxylation is 1. The fourth-order valence-electron chi connectivity index (χ4n) is 2.98. The van der Waals surface area contributed by atoms with Crippen LogP contribution in [0.5, 0.6) is 0 Å². The number of carbonyl (C=O) groups is 2. The van der Waals surface area contributed by atoms with E-state index in [-0.39, 0.29) is 17.6 Å². The smallest absolute Gasteiger partial charge is 0.291 e. The van der Waals surface area contributed by atoms with Crippen molar-refractivity contribution in [2.45, 2.75) is 13.3 Å². The molecule has 1 N–H and O–H groups in total. The van der Waals surface area contributed by atoms with Crippen molar-refractivity contribution >= 4 is 39.8 Å². The van der Waals surface area contributed by atoms with Crippen LogP contribution in [-0.4, -0.2) is 48.0 Å². The van der Waals surface area contributed by atoms with Gasteiger partial charge in [0.25, 0.3) is 11.8 Å². The Hall–Kier alpha value is -2.71. The Balaban J connectivity index is 1.69. The van der Waals surface area contributed by atoms with Crippen molar-refractivity contribution in [1.82, 2.24) is 9.88 Å². The maximum atomic E-state index is 13.0. The van der Waals surface area contributed by atoms with Crippen molar-refractivity contribution in [3.63, 3.8) is 0 Å². The molecule has 1 saturated heterocycles. The highest BCUT2D eigenvalue weighted by atomic mass is 32.1. The van der Waals surface area contributed by atoms with Gasteiger partial charge in [0.05, 0.1) is 24.4 Å². The van der Waals surface area contributed by atoms with Crippen molar-refractivity contribution < 1.29 is 18.7 Å². The van der Waals surface area contributed by atoms with Crippen LogP contribution in [0.1, 0.15) is 32.2 Å². The lowest BCUT2D eigenvalue weighted by Crippen LogP contribution is -2.40. The summed E-state index contributed by atoms with van der Waals surface area (Å²) in [5, 5.41) is 4.45. The Morgan fingerprint density at radius 1 is 1.26 bits per heavy atom. The molecule has 4 rings (SSSR count). The number of nitrogens with zero attached hydrogens (tertiary/aromatic N) is 2. The first kappa shape index (κ1) is 17.7. The number of fused-ring (bicyclic) bond motifs is 1. The molecular formula is C19H19N3O4S. The summed E-state index contributed by atoms with van der Waals surface area (Å²) in [5.74, 6) is -0.398. The van der Waals surface area contributed by atoms with E-state index in [4.69, 9.17) is 9.15 Å². The molecule has 140 valence electrons. The molecule has 1 fully saturated rings. The van der Waals surface area contributed by atoms with Crippen molar-refractivity contribution in [2.24, 2.45) is 0 Å². The van der Waals surface area contributed by atoms with Gasteiger partial charge in [0, 0.05) is 18.5 Å². The quantitative estimate of drug-likeness (QED) is 0.746. The Labute approximate surface area is 159 Å². The van der Waals surface area contributed by atoms with E-state index in [1.807, 2.05) is 25.1 Å². The predicted molar refractivity (Wildman–Crippen MR) is 102 cm³/mol. The zero-order valence-electron chi connectivity index (χ0n) is 14.9. The fourth-order valence-corrected chi connectivity index (χ4v) is 3.74. The number of ether oxygens (including phenoxy) is 1. The normalized spacial score (nSPS) is 14.5. The summed E-state index contributed by atoms with van der Waals surface area (Å²) in [6.07, 6.45) is 2.33. The van der Waals surface area contributed by atoms with E-state index in [9.17, 15) is 9.59 Å². The molecule has 8 heteroatoms. The molecule has 2 aromatic heterocycles. The maximum Gasteiger partial charge on any atom is 0.291 e. The zero-order valence-corrected chi connectivity index (χ0v) is 15.7. The van der Waals surface area contributed by atoms with Gasteiger partial charge in [-0.3, -0.25) is 9.59 Å². The fraction of sp³-hybridized carbons (Fsp3) is 0.316.